The molecule has 0 bridgehead atoms. The number of rotatable bonds is 7. The molecule has 0 heterocycles. The number of carbonyl (C=O) groups is 2. The molecule has 0 radical (unpaired) electrons. The van der Waals surface area contributed by atoms with Crippen LogP contribution < -0.4 is 10.6 Å². The molecule has 19 heavy (non-hydrogen) atoms. The molecule has 0 aliphatic rings. The summed E-state index contributed by atoms with van der Waals surface area (Å²) in [6, 6.07) is 5.52. The van der Waals surface area contributed by atoms with Crippen molar-refractivity contribution in [2.45, 2.75) is 18.2 Å². The zero-order chi connectivity index (χ0) is 14.5. The van der Waals surface area contributed by atoms with Crippen LogP contribution >= 0.6 is 0 Å². The number of hydrogen-bond acceptors (Lipinski definition) is 5. The quantitative estimate of drug-likeness (QED) is 0.539. The van der Waals surface area contributed by atoms with Gasteiger partial charge in [0.05, 0.1) is 4.90 Å². The average molecular weight is 286 g/mol. The van der Waals surface area contributed by atoms with Crippen LogP contribution in [0.5, 0.6) is 0 Å². The van der Waals surface area contributed by atoms with E-state index in [0.717, 1.165) is 0 Å². The molecule has 0 fully saturated rings. The summed E-state index contributed by atoms with van der Waals surface area (Å²) in [7, 11) is -3.95. The third-order valence-corrected chi connectivity index (χ3v) is 3.38. The molecule has 8 heteroatoms. The minimum Gasteiger partial charge on any atom is -0.368 e. The van der Waals surface area contributed by atoms with E-state index in [0.29, 0.717) is 5.56 Å². The maximum atomic E-state index is 11.8. The highest BCUT2D eigenvalue weighted by molar-refractivity contribution is 7.89. The summed E-state index contributed by atoms with van der Waals surface area (Å²) in [6.45, 7) is 1.10. The van der Waals surface area contributed by atoms with Crippen LogP contribution in [0.15, 0.2) is 29.2 Å². The molecule has 1 aromatic rings. The molecular formula is C11H14N2O5S. The summed E-state index contributed by atoms with van der Waals surface area (Å²) >= 11 is 0. The lowest BCUT2D eigenvalue weighted by Gasteiger charge is -2.07. The van der Waals surface area contributed by atoms with Gasteiger partial charge in [-0.2, -0.15) is 0 Å². The Kier molecular flexibility index (Phi) is 5.16. The van der Waals surface area contributed by atoms with Crippen molar-refractivity contribution in [1.29, 1.82) is 0 Å². The third kappa shape index (κ3) is 4.43. The summed E-state index contributed by atoms with van der Waals surface area (Å²) < 4.78 is 23.6. The van der Waals surface area contributed by atoms with E-state index in [1.54, 1.807) is 11.8 Å². The molecule has 0 spiro atoms. The van der Waals surface area contributed by atoms with E-state index in [4.69, 9.17) is 5.73 Å². The average Bonchev–Trinajstić information content (AvgIpc) is 2.37. The Morgan fingerprint density at radius 3 is 2.63 bits per heavy atom. The lowest BCUT2D eigenvalue weighted by molar-refractivity contribution is -0.123. The maximum Gasteiger partial charge on any atom is 0.262 e. The van der Waals surface area contributed by atoms with Crippen LogP contribution in [0, 0.1) is 0 Å². The van der Waals surface area contributed by atoms with Crippen molar-refractivity contribution in [3.05, 3.63) is 29.8 Å². The standard InChI is InChI=1S/C11H14N2O5S/c1-2-10(14)8-4-3-5-9(6-8)19(16,17)13-18-7-11(12)15/h3-6,13H,2,7H2,1H3,(H2,12,15). The molecule has 0 aromatic heterocycles. The number of primary amides is 1. The van der Waals surface area contributed by atoms with Crippen LogP contribution in [0.1, 0.15) is 23.7 Å². The van der Waals surface area contributed by atoms with Gasteiger partial charge in [-0.1, -0.05) is 23.9 Å². The van der Waals surface area contributed by atoms with Gasteiger partial charge in [-0.05, 0) is 12.1 Å². The van der Waals surface area contributed by atoms with Crippen molar-refractivity contribution >= 4 is 21.7 Å². The topological polar surface area (TPSA) is 116 Å². The minimum absolute atomic E-state index is 0.128. The van der Waals surface area contributed by atoms with Crippen molar-refractivity contribution in [3.63, 3.8) is 0 Å². The molecule has 1 rings (SSSR count). The molecule has 0 unspecified atom stereocenters. The van der Waals surface area contributed by atoms with Crippen molar-refractivity contribution in [3.8, 4) is 0 Å². The Bertz CT molecular complexity index is 583. The molecule has 104 valence electrons. The number of Topliss-reactive ketones (excluding diaryl/α,β-unsaturated/α-hetero) is 1. The van der Waals surface area contributed by atoms with Crippen molar-refractivity contribution in [1.82, 2.24) is 4.89 Å². The number of sulfonamides is 1. The largest absolute Gasteiger partial charge is 0.368 e. The number of amides is 1. The number of carbonyl (C=O) groups excluding carboxylic acids is 2. The highest BCUT2D eigenvalue weighted by atomic mass is 32.2. The summed E-state index contributed by atoms with van der Waals surface area (Å²) in [5.41, 5.74) is 5.09. The van der Waals surface area contributed by atoms with Gasteiger partial charge in [-0.25, -0.2) is 8.42 Å². The third-order valence-electron chi connectivity index (χ3n) is 2.17. The van der Waals surface area contributed by atoms with Gasteiger partial charge in [-0.15, -0.1) is 0 Å². The zero-order valence-corrected chi connectivity index (χ0v) is 11.1. The summed E-state index contributed by atoms with van der Waals surface area (Å²) in [6.07, 6.45) is 0.273. The molecule has 0 atom stereocenters. The molecule has 0 saturated carbocycles. The van der Waals surface area contributed by atoms with E-state index >= 15 is 0 Å². The van der Waals surface area contributed by atoms with Crippen LogP contribution in [0.3, 0.4) is 0 Å². The number of benzene rings is 1. The van der Waals surface area contributed by atoms with Gasteiger partial charge in [0.2, 0.25) is 5.91 Å². The second-order valence-corrected chi connectivity index (χ2v) is 5.29. The fraction of sp³-hybridized carbons (Fsp3) is 0.273. The van der Waals surface area contributed by atoms with Gasteiger partial charge >= 0.3 is 0 Å². The number of nitrogens with one attached hydrogen (secondary N) is 1. The Morgan fingerprint density at radius 1 is 1.37 bits per heavy atom. The minimum atomic E-state index is -3.95. The van der Waals surface area contributed by atoms with Gasteiger partial charge < -0.3 is 5.73 Å². The van der Waals surface area contributed by atoms with E-state index in [1.807, 2.05) is 0 Å². The summed E-state index contributed by atoms with van der Waals surface area (Å²) in [5.74, 6) is -0.979. The van der Waals surface area contributed by atoms with Gasteiger partial charge in [0.1, 0.15) is 6.61 Å². The molecule has 3 N–H and O–H groups in total. The van der Waals surface area contributed by atoms with Crippen LogP contribution in [-0.2, 0) is 19.7 Å². The SMILES string of the molecule is CCC(=O)c1cccc(S(=O)(=O)NOCC(N)=O)c1. The Labute approximate surface area is 110 Å². The molecule has 0 aliphatic heterocycles. The van der Waals surface area contributed by atoms with Gasteiger partial charge in [0.15, 0.2) is 5.78 Å². The van der Waals surface area contributed by atoms with E-state index < -0.39 is 22.5 Å². The first kappa shape index (κ1) is 15.3. The molecule has 7 nitrogen and oxygen atoms in total. The highest BCUT2D eigenvalue weighted by Crippen LogP contribution is 2.12. The van der Waals surface area contributed by atoms with Gasteiger partial charge in [0.25, 0.3) is 10.0 Å². The molecule has 1 amide bonds. The van der Waals surface area contributed by atoms with Crippen LogP contribution in [0.2, 0.25) is 0 Å². The Balaban J connectivity index is 2.89. The normalized spacial score (nSPS) is 11.2. The predicted molar refractivity (Wildman–Crippen MR) is 66.5 cm³/mol. The molecule has 1 aromatic carbocycles. The summed E-state index contributed by atoms with van der Waals surface area (Å²) in [5, 5.41) is 0. The van der Waals surface area contributed by atoms with Crippen molar-refractivity contribution in [2.75, 3.05) is 6.61 Å². The Hall–Kier alpha value is -1.77. The van der Waals surface area contributed by atoms with Crippen molar-refractivity contribution < 1.29 is 22.8 Å². The first-order valence-corrected chi connectivity index (χ1v) is 6.90. The summed E-state index contributed by atoms with van der Waals surface area (Å²) in [4.78, 5) is 28.0. The zero-order valence-electron chi connectivity index (χ0n) is 10.3. The predicted octanol–water partition coefficient (Wildman–Crippen LogP) is -0.0255. The number of hydrogen-bond donors (Lipinski definition) is 2. The second-order valence-electron chi connectivity index (χ2n) is 3.65. The monoisotopic (exact) mass is 286 g/mol. The number of nitrogens with two attached hydrogens (primary N) is 1. The number of ketones is 1. The Morgan fingerprint density at radius 2 is 2.05 bits per heavy atom. The van der Waals surface area contributed by atoms with Gasteiger partial charge in [0, 0.05) is 12.0 Å². The molecule has 0 saturated heterocycles. The molecule has 0 aliphatic carbocycles. The molecular weight excluding hydrogens is 272 g/mol. The first-order valence-electron chi connectivity index (χ1n) is 5.42. The lowest BCUT2D eigenvalue weighted by Crippen LogP contribution is -2.29. The fourth-order valence-corrected chi connectivity index (χ4v) is 2.12. The van der Waals surface area contributed by atoms with Crippen molar-refractivity contribution in [2.24, 2.45) is 5.73 Å². The van der Waals surface area contributed by atoms with E-state index in [2.05, 4.69) is 4.84 Å². The van der Waals surface area contributed by atoms with E-state index in [-0.39, 0.29) is 17.1 Å². The highest BCUT2D eigenvalue weighted by Gasteiger charge is 2.16. The van der Waals surface area contributed by atoms with Crippen LogP contribution in [0.4, 0.5) is 0 Å². The van der Waals surface area contributed by atoms with Gasteiger partial charge in [-0.3, -0.25) is 14.4 Å². The maximum absolute atomic E-state index is 11.8. The lowest BCUT2D eigenvalue weighted by atomic mass is 10.1. The van der Waals surface area contributed by atoms with E-state index in [9.17, 15) is 18.0 Å². The fourth-order valence-electron chi connectivity index (χ4n) is 1.27. The van der Waals surface area contributed by atoms with E-state index in [1.165, 1.54) is 24.3 Å². The van der Waals surface area contributed by atoms with Crippen LogP contribution in [-0.4, -0.2) is 26.7 Å². The van der Waals surface area contributed by atoms with Crippen LogP contribution in [0.25, 0.3) is 0 Å². The smallest absolute Gasteiger partial charge is 0.262 e. The first-order chi connectivity index (χ1) is 8.86. The second kappa shape index (κ2) is 6.41.